The highest BCUT2D eigenvalue weighted by Gasteiger charge is 2.27. The second-order valence-electron chi connectivity index (χ2n) is 5.96. The molecule has 3 aliphatic heterocycles. The molecule has 1 aromatic carbocycles. The molecule has 1 saturated heterocycles. The summed E-state index contributed by atoms with van der Waals surface area (Å²) in [4.78, 5) is 16.6. The first-order valence-corrected chi connectivity index (χ1v) is 8.01. The van der Waals surface area contributed by atoms with Crippen LogP contribution in [0.4, 0.5) is 11.4 Å². The lowest BCUT2D eigenvalue weighted by Crippen LogP contribution is -2.43. The molecule has 22 heavy (non-hydrogen) atoms. The van der Waals surface area contributed by atoms with Crippen molar-refractivity contribution in [2.45, 2.75) is 12.8 Å². The van der Waals surface area contributed by atoms with Gasteiger partial charge in [0.15, 0.2) is 11.5 Å². The van der Waals surface area contributed by atoms with Crippen LogP contribution in [0.25, 0.3) is 0 Å². The number of hydrogen-bond donors (Lipinski definition) is 1. The molecule has 6 heteroatoms. The first kappa shape index (κ1) is 13.7. The number of carbonyl (C=O) groups is 1. The fraction of sp³-hybridized carbons (Fsp3) is 0.562. The van der Waals surface area contributed by atoms with Crippen molar-refractivity contribution in [3.63, 3.8) is 0 Å². The van der Waals surface area contributed by atoms with E-state index in [1.54, 1.807) is 0 Å². The minimum absolute atomic E-state index is 0.114. The number of benzene rings is 1. The lowest BCUT2D eigenvalue weighted by molar-refractivity contribution is -0.117. The van der Waals surface area contributed by atoms with E-state index in [0.29, 0.717) is 19.8 Å². The number of likely N-dealkylation sites (tertiary alicyclic amines) is 1. The Morgan fingerprint density at radius 1 is 1.05 bits per heavy atom. The van der Waals surface area contributed by atoms with Crippen LogP contribution in [-0.4, -0.2) is 56.7 Å². The number of ether oxygens (including phenoxy) is 2. The van der Waals surface area contributed by atoms with E-state index >= 15 is 0 Å². The molecule has 0 unspecified atom stereocenters. The van der Waals surface area contributed by atoms with Gasteiger partial charge < -0.3 is 24.6 Å². The summed E-state index contributed by atoms with van der Waals surface area (Å²) >= 11 is 0. The Kier molecular flexibility index (Phi) is 3.54. The van der Waals surface area contributed by atoms with Crippen molar-refractivity contribution in [3.05, 3.63) is 12.1 Å². The van der Waals surface area contributed by atoms with Crippen molar-refractivity contribution in [1.82, 2.24) is 4.90 Å². The zero-order chi connectivity index (χ0) is 14.9. The van der Waals surface area contributed by atoms with Crippen LogP contribution in [0.2, 0.25) is 0 Å². The van der Waals surface area contributed by atoms with E-state index in [-0.39, 0.29) is 5.91 Å². The lowest BCUT2D eigenvalue weighted by Gasteiger charge is -2.33. The standard InChI is InChI=1S/C16H21N3O3/c20-16-11-17-12-9-14-15(22-8-7-21-14)10-13(12)19(16)6-5-18-3-1-2-4-18/h9-10,17H,1-8,11H2. The molecule has 0 atom stereocenters. The number of nitrogens with zero attached hydrogens (tertiary/aromatic N) is 2. The summed E-state index contributed by atoms with van der Waals surface area (Å²) in [5, 5.41) is 3.18. The van der Waals surface area contributed by atoms with E-state index in [9.17, 15) is 4.79 Å². The largest absolute Gasteiger partial charge is 0.486 e. The molecular formula is C16H21N3O3. The zero-order valence-corrected chi connectivity index (χ0v) is 12.6. The van der Waals surface area contributed by atoms with Gasteiger partial charge in [-0.1, -0.05) is 0 Å². The van der Waals surface area contributed by atoms with Gasteiger partial charge in [0.2, 0.25) is 5.91 Å². The molecule has 0 bridgehead atoms. The van der Waals surface area contributed by atoms with Crippen molar-refractivity contribution in [3.8, 4) is 11.5 Å². The van der Waals surface area contributed by atoms with Gasteiger partial charge in [-0.2, -0.15) is 0 Å². The van der Waals surface area contributed by atoms with Gasteiger partial charge in [0, 0.05) is 25.2 Å². The van der Waals surface area contributed by atoms with Crippen molar-refractivity contribution in [2.75, 3.05) is 56.2 Å². The Morgan fingerprint density at radius 2 is 1.77 bits per heavy atom. The molecule has 0 saturated carbocycles. The SMILES string of the molecule is O=C1CNc2cc3c(cc2N1CCN1CCCC1)OCCO3. The molecule has 1 N–H and O–H groups in total. The molecule has 0 spiro atoms. The summed E-state index contributed by atoms with van der Waals surface area (Å²) in [6, 6.07) is 3.87. The topological polar surface area (TPSA) is 54.0 Å². The molecular weight excluding hydrogens is 282 g/mol. The molecule has 4 rings (SSSR count). The molecule has 6 nitrogen and oxygen atoms in total. The van der Waals surface area contributed by atoms with Gasteiger partial charge in [0.05, 0.1) is 17.9 Å². The van der Waals surface area contributed by atoms with Crippen molar-refractivity contribution in [2.24, 2.45) is 0 Å². The predicted molar refractivity (Wildman–Crippen MR) is 83.9 cm³/mol. The van der Waals surface area contributed by atoms with Gasteiger partial charge >= 0.3 is 0 Å². The van der Waals surface area contributed by atoms with Crippen LogP contribution in [-0.2, 0) is 4.79 Å². The van der Waals surface area contributed by atoms with Gasteiger partial charge in [-0.05, 0) is 25.9 Å². The van der Waals surface area contributed by atoms with Crippen molar-refractivity contribution in [1.29, 1.82) is 0 Å². The van der Waals surface area contributed by atoms with E-state index in [4.69, 9.17) is 9.47 Å². The zero-order valence-electron chi connectivity index (χ0n) is 12.6. The van der Waals surface area contributed by atoms with Crippen LogP contribution in [0.3, 0.4) is 0 Å². The first-order chi connectivity index (χ1) is 10.8. The number of anilines is 2. The number of nitrogens with one attached hydrogen (secondary N) is 1. The van der Waals surface area contributed by atoms with E-state index in [1.807, 2.05) is 17.0 Å². The van der Waals surface area contributed by atoms with Crippen LogP contribution in [0.1, 0.15) is 12.8 Å². The molecule has 0 radical (unpaired) electrons. The maximum atomic E-state index is 12.3. The third kappa shape index (κ3) is 2.47. The number of rotatable bonds is 3. The van der Waals surface area contributed by atoms with E-state index in [1.165, 1.54) is 12.8 Å². The Morgan fingerprint density at radius 3 is 2.55 bits per heavy atom. The van der Waals surface area contributed by atoms with Crippen LogP contribution in [0.5, 0.6) is 11.5 Å². The molecule has 1 fully saturated rings. The Bertz CT molecular complexity index is 584. The average molecular weight is 303 g/mol. The average Bonchev–Trinajstić information content (AvgIpc) is 3.06. The van der Waals surface area contributed by atoms with Gasteiger partial charge in [-0.25, -0.2) is 0 Å². The van der Waals surface area contributed by atoms with E-state index < -0.39 is 0 Å². The molecule has 1 aromatic rings. The molecule has 3 heterocycles. The normalized spacial score (nSPS) is 20.7. The minimum atomic E-state index is 0.114. The molecule has 0 aliphatic carbocycles. The predicted octanol–water partition coefficient (Wildman–Crippen LogP) is 1.31. The third-order valence-corrected chi connectivity index (χ3v) is 4.52. The molecule has 118 valence electrons. The van der Waals surface area contributed by atoms with Gasteiger partial charge in [-0.15, -0.1) is 0 Å². The number of hydrogen-bond acceptors (Lipinski definition) is 5. The maximum Gasteiger partial charge on any atom is 0.246 e. The summed E-state index contributed by atoms with van der Waals surface area (Å²) in [6.45, 7) is 5.42. The number of amides is 1. The molecule has 3 aliphatic rings. The second kappa shape index (κ2) is 5.68. The maximum absolute atomic E-state index is 12.3. The number of carbonyl (C=O) groups excluding carboxylic acids is 1. The summed E-state index contributed by atoms with van der Waals surface area (Å²) in [6.07, 6.45) is 2.54. The fourth-order valence-electron chi connectivity index (χ4n) is 3.34. The summed E-state index contributed by atoms with van der Waals surface area (Å²) in [5.74, 6) is 1.60. The van der Waals surface area contributed by atoms with Crippen LogP contribution in [0, 0.1) is 0 Å². The van der Waals surface area contributed by atoms with Crippen molar-refractivity contribution >= 4 is 17.3 Å². The van der Waals surface area contributed by atoms with Crippen molar-refractivity contribution < 1.29 is 14.3 Å². The Hall–Kier alpha value is -1.95. The monoisotopic (exact) mass is 303 g/mol. The Labute approximate surface area is 130 Å². The fourth-order valence-corrected chi connectivity index (χ4v) is 3.34. The first-order valence-electron chi connectivity index (χ1n) is 8.01. The summed E-state index contributed by atoms with van der Waals surface area (Å²) < 4.78 is 11.3. The van der Waals surface area contributed by atoms with E-state index in [0.717, 1.165) is 49.1 Å². The highest BCUT2D eigenvalue weighted by atomic mass is 16.6. The highest BCUT2D eigenvalue weighted by Crippen LogP contribution is 2.41. The van der Waals surface area contributed by atoms with Crippen LogP contribution >= 0.6 is 0 Å². The summed E-state index contributed by atoms with van der Waals surface area (Å²) in [5.41, 5.74) is 1.85. The molecule has 1 amide bonds. The van der Waals surface area contributed by atoms with E-state index in [2.05, 4.69) is 10.2 Å². The Balaban J connectivity index is 1.58. The quantitative estimate of drug-likeness (QED) is 0.912. The third-order valence-electron chi connectivity index (χ3n) is 4.52. The van der Waals surface area contributed by atoms with Gasteiger partial charge in [-0.3, -0.25) is 4.79 Å². The number of fused-ring (bicyclic) bond motifs is 2. The van der Waals surface area contributed by atoms with Crippen LogP contribution < -0.4 is 19.7 Å². The minimum Gasteiger partial charge on any atom is -0.486 e. The van der Waals surface area contributed by atoms with Gasteiger partial charge in [0.1, 0.15) is 13.2 Å². The summed E-state index contributed by atoms with van der Waals surface area (Å²) in [7, 11) is 0. The lowest BCUT2D eigenvalue weighted by atomic mass is 10.1. The van der Waals surface area contributed by atoms with Crippen LogP contribution in [0.15, 0.2) is 12.1 Å². The highest BCUT2D eigenvalue weighted by molar-refractivity contribution is 6.03. The van der Waals surface area contributed by atoms with Gasteiger partial charge in [0.25, 0.3) is 0 Å². The molecule has 0 aromatic heterocycles. The smallest absolute Gasteiger partial charge is 0.246 e. The second-order valence-corrected chi connectivity index (χ2v) is 5.96.